The van der Waals surface area contributed by atoms with E-state index in [1.54, 1.807) is 24.5 Å². The molecule has 0 fully saturated rings. The van der Waals surface area contributed by atoms with Crippen molar-refractivity contribution in [2.45, 2.75) is 18.2 Å². The van der Waals surface area contributed by atoms with Crippen molar-refractivity contribution in [1.29, 1.82) is 0 Å². The van der Waals surface area contributed by atoms with Gasteiger partial charge in [0.15, 0.2) is 0 Å². The maximum absolute atomic E-state index is 13.7. The fraction of sp³-hybridized carbons (Fsp3) is 0.194. The molecule has 0 unspecified atom stereocenters. The van der Waals surface area contributed by atoms with Crippen molar-refractivity contribution >= 4 is 60.7 Å². The minimum absolute atomic E-state index is 0.0348. The van der Waals surface area contributed by atoms with Gasteiger partial charge in [0.1, 0.15) is 5.75 Å². The highest BCUT2D eigenvalue weighted by Gasteiger charge is 2.25. The highest BCUT2D eigenvalue weighted by Crippen LogP contribution is 2.30. The van der Waals surface area contributed by atoms with Gasteiger partial charge in [0.25, 0.3) is 0 Å². The number of nitrogens with zero attached hydrogens (tertiary/aromatic N) is 3. The molecule has 3 aromatic carbocycles. The van der Waals surface area contributed by atoms with Crippen molar-refractivity contribution in [3.05, 3.63) is 95.8 Å². The molecule has 0 saturated carbocycles. The predicted molar refractivity (Wildman–Crippen MR) is 167 cm³/mol. The minimum Gasteiger partial charge on any atom is -0.497 e. The van der Waals surface area contributed by atoms with E-state index in [1.807, 2.05) is 55.5 Å². The van der Waals surface area contributed by atoms with E-state index in [0.29, 0.717) is 22.1 Å². The van der Waals surface area contributed by atoms with Crippen LogP contribution in [-0.4, -0.2) is 55.3 Å². The SMILES string of the molecule is COc1ccc(S(=O)(=O)N(CCNc2c(Cl)cnc3cc(C)ccc23)CCC(=O)Nc2cnc3ccccc3c2)cc1. The lowest BCUT2D eigenvalue weighted by Crippen LogP contribution is -2.37. The molecule has 1 amide bonds. The second kappa shape index (κ2) is 12.7. The lowest BCUT2D eigenvalue weighted by Gasteiger charge is -2.23. The van der Waals surface area contributed by atoms with E-state index in [2.05, 4.69) is 20.6 Å². The number of carbonyl (C=O) groups is 1. The van der Waals surface area contributed by atoms with E-state index in [-0.39, 0.29) is 36.9 Å². The van der Waals surface area contributed by atoms with Crippen molar-refractivity contribution in [1.82, 2.24) is 14.3 Å². The summed E-state index contributed by atoms with van der Waals surface area (Å²) >= 11 is 6.46. The number of anilines is 2. The van der Waals surface area contributed by atoms with E-state index >= 15 is 0 Å². The van der Waals surface area contributed by atoms with Crippen LogP contribution in [-0.2, 0) is 14.8 Å². The molecule has 2 N–H and O–H groups in total. The number of rotatable bonds is 11. The molecule has 5 aromatic rings. The van der Waals surface area contributed by atoms with Crippen molar-refractivity contribution in [3.63, 3.8) is 0 Å². The summed E-state index contributed by atoms with van der Waals surface area (Å²) in [5.74, 6) is 0.216. The van der Waals surface area contributed by atoms with Gasteiger partial charge in [0, 0.05) is 43.0 Å². The van der Waals surface area contributed by atoms with Gasteiger partial charge in [-0.2, -0.15) is 4.31 Å². The Morgan fingerprint density at radius 2 is 1.71 bits per heavy atom. The summed E-state index contributed by atoms with van der Waals surface area (Å²) in [4.78, 5) is 21.8. The van der Waals surface area contributed by atoms with Crippen molar-refractivity contribution in [2.75, 3.05) is 37.4 Å². The normalized spacial score (nSPS) is 11.6. The van der Waals surface area contributed by atoms with E-state index in [0.717, 1.165) is 27.4 Å². The zero-order valence-electron chi connectivity index (χ0n) is 23.2. The predicted octanol–water partition coefficient (Wildman–Crippen LogP) is 5.89. The highest BCUT2D eigenvalue weighted by molar-refractivity contribution is 7.89. The number of aryl methyl sites for hydroxylation is 1. The lowest BCUT2D eigenvalue weighted by atomic mass is 10.1. The molecule has 2 heterocycles. The number of aromatic nitrogens is 2. The summed E-state index contributed by atoms with van der Waals surface area (Å²) in [6.07, 6.45) is 3.10. The Bertz CT molecular complexity index is 1850. The quantitative estimate of drug-likeness (QED) is 0.194. The molecular weight excluding hydrogens is 574 g/mol. The third-order valence-electron chi connectivity index (χ3n) is 6.80. The zero-order valence-corrected chi connectivity index (χ0v) is 24.7. The molecule has 0 atom stereocenters. The number of hydrogen-bond acceptors (Lipinski definition) is 7. The molecular formula is C31H30ClN5O4S. The van der Waals surface area contributed by atoms with Gasteiger partial charge in [0.2, 0.25) is 15.9 Å². The third-order valence-corrected chi connectivity index (χ3v) is 9.00. The fourth-order valence-electron chi connectivity index (χ4n) is 4.60. The summed E-state index contributed by atoms with van der Waals surface area (Å²) < 4.78 is 33.8. The second-order valence-corrected chi connectivity index (χ2v) is 12.1. The van der Waals surface area contributed by atoms with Crippen LogP contribution >= 0.6 is 11.6 Å². The maximum Gasteiger partial charge on any atom is 0.243 e. The van der Waals surface area contributed by atoms with Gasteiger partial charge in [-0.25, -0.2) is 8.42 Å². The molecule has 5 rings (SSSR count). The molecule has 9 nitrogen and oxygen atoms in total. The van der Waals surface area contributed by atoms with Crippen LogP contribution in [0.15, 0.2) is 90.1 Å². The van der Waals surface area contributed by atoms with Crippen molar-refractivity contribution in [2.24, 2.45) is 0 Å². The first kappa shape index (κ1) is 29.2. The van der Waals surface area contributed by atoms with Crippen molar-refractivity contribution < 1.29 is 17.9 Å². The number of pyridine rings is 2. The monoisotopic (exact) mass is 603 g/mol. The molecule has 0 aliphatic rings. The average molecular weight is 604 g/mol. The second-order valence-electron chi connectivity index (χ2n) is 9.72. The molecule has 0 spiro atoms. The van der Waals surface area contributed by atoms with Gasteiger partial charge in [-0.15, -0.1) is 0 Å². The third kappa shape index (κ3) is 6.62. The fourth-order valence-corrected chi connectivity index (χ4v) is 6.26. The minimum atomic E-state index is -3.94. The number of halogens is 1. The summed E-state index contributed by atoms with van der Waals surface area (Å²) in [7, 11) is -2.42. The maximum atomic E-state index is 13.7. The van der Waals surface area contributed by atoms with Gasteiger partial charge in [-0.3, -0.25) is 14.8 Å². The topological polar surface area (TPSA) is 114 Å². The molecule has 42 heavy (non-hydrogen) atoms. The number of benzene rings is 3. The van der Waals surface area contributed by atoms with Gasteiger partial charge in [-0.05, 0) is 55.0 Å². The van der Waals surface area contributed by atoms with Gasteiger partial charge in [-0.1, -0.05) is 41.9 Å². The average Bonchev–Trinajstić information content (AvgIpc) is 2.99. The Morgan fingerprint density at radius 3 is 2.50 bits per heavy atom. The molecule has 0 bridgehead atoms. The van der Waals surface area contributed by atoms with Crippen molar-refractivity contribution in [3.8, 4) is 5.75 Å². The Kier molecular flexibility index (Phi) is 8.86. The first-order valence-electron chi connectivity index (χ1n) is 13.3. The number of para-hydroxylation sites is 1. The number of carbonyl (C=O) groups excluding carboxylic acids is 1. The van der Waals surface area contributed by atoms with E-state index in [1.165, 1.54) is 23.5 Å². The highest BCUT2D eigenvalue weighted by atomic mass is 35.5. The van der Waals surface area contributed by atoms with Gasteiger partial charge >= 0.3 is 0 Å². The van der Waals surface area contributed by atoms with Crippen LogP contribution in [0.25, 0.3) is 21.8 Å². The summed E-state index contributed by atoms with van der Waals surface area (Å²) in [6, 6.07) is 21.5. The Labute approximate surface area is 249 Å². The smallest absolute Gasteiger partial charge is 0.243 e. The van der Waals surface area contributed by atoms with Gasteiger partial charge in [0.05, 0.1) is 45.6 Å². The number of nitrogens with one attached hydrogen (secondary N) is 2. The van der Waals surface area contributed by atoms with Crippen LogP contribution in [0.1, 0.15) is 12.0 Å². The van der Waals surface area contributed by atoms with Crippen LogP contribution in [0.3, 0.4) is 0 Å². The number of sulfonamides is 1. The number of fused-ring (bicyclic) bond motifs is 2. The molecule has 0 aliphatic heterocycles. The standard InChI is InChI=1S/C31H30ClN5O4S/c1-21-7-12-26-29(17-21)35-20-27(32)31(26)33-14-16-37(42(39,40)25-10-8-24(41-2)9-11-25)15-13-30(38)36-23-18-22-5-3-4-6-28(22)34-19-23/h3-12,17-20H,13-16H2,1-2H3,(H,33,35)(H,36,38). The van der Waals surface area contributed by atoms with E-state index in [4.69, 9.17) is 16.3 Å². The molecule has 2 aromatic heterocycles. The summed E-state index contributed by atoms with van der Waals surface area (Å²) in [5, 5.41) is 8.27. The molecule has 0 aliphatic carbocycles. The number of ether oxygens (including phenoxy) is 1. The summed E-state index contributed by atoms with van der Waals surface area (Å²) in [5.41, 5.74) is 3.88. The number of methoxy groups -OCH3 is 1. The largest absolute Gasteiger partial charge is 0.497 e. The van der Waals surface area contributed by atoms with Gasteiger partial charge < -0.3 is 15.4 Å². The lowest BCUT2D eigenvalue weighted by molar-refractivity contribution is -0.116. The van der Waals surface area contributed by atoms with Crippen LogP contribution in [0, 0.1) is 6.92 Å². The number of hydrogen-bond donors (Lipinski definition) is 2. The Hall–Kier alpha value is -4.25. The Morgan fingerprint density at radius 1 is 0.952 bits per heavy atom. The molecule has 11 heteroatoms. The van der Waals surface area contributed by atoms with E-state index < -0.39 is 10.0 Å². The van der Waals surface area contributed by atoms with Crippen LogP contribution in [0.5, 0.6) is 5.75 Å². The Balaban J connectivity index is 1.32. The first-order valence-corrected chi connectivity index (χ1v) is 15.1. The van der Waals surface area contributed by atoms with Crippen LogP contribution < -0.4 is 15.4 Å². The molecule has 216 valence electrons. The number of amides is 1. The van der Waals surface area contributed by atoms with Crippen LogP contribution in [0.2, 0.25) is 5.02 Å². The molecule has 0 radical (unpaired) electrons. The zero-order chi connectivity index (χ0) is 29.7. The first-order chi connectivity index (χ1) is 20.2. The van der Waals surface area contributed by atoms with E-state index in [9.17, 15) is 13.2 Å². The summed E-state index contributed by atoms with van der Waals surface area (Å²) in [6.45, 7) is 2.29. The van der Waals surface area contributed by atoms with Crippen LogP contribution in [0.4, 0.5) is 11.4 Å². The molecule has 0 saturated heterocycles.